The minimum atomic E-state index is -1.44. The molecule has 0 radical (unpaired) electrons. The van der Waals surface area contributed by atoms with Crippen molar-refractivity contribution in [3.8, 4) is 0 Å². The number of hydrogen-bond acceptors (Lipinski definition) is 10. The number of nitrogens with zero attached hydrogens (tertiary/aromatic N) is 2. The van der Waals surface area contributed by atoms with E-state index in [4.69, 9.17) is 23.7 Å². The van der Waals surface area contributed by atoms with Crippen LogP contribution in [0.5, 0.6) is 0 Å². The summed E-state index contributed by atoms with van der Waals surface area (Å²) in [5, 5.41) is 0. The van der Waals surface area contributed by atoms with E-state index in [9.17, 15) is 24.0 Å². The molecule has 1 aliphatic rings. The van der Waals surface area contributed by atoms with Crippen molar-refractivity contribution >= 4 is 17.9 Å². The van der Waals surface area contributed by atoms with Gasteiger partial charge >= 0.3 is 23.6 Å². The second-order valence-corrected chi connectivity index (χ2v) is 11.2. The van der Waals surface area contributed by atoms with Crippen LogP contribution in [0.3, 0.4) is 0 Å². The Kier molecular flexibility index (Phi) is 10.7. The van der Waals surface area contributed by atoms with Gasteiger partial charge in [-0.2, -0.15) is 0 Å². The van der Waals surface area contributed by atoms with Crippen LogP contribution in [0.25, 0.3) is 0 Å². The highest BCUT2D eigenvalue weighted by atomic mass is 16.7. The molecule has 1 fully saturated rings. The molecule has 6 rings (SSSR count). The second kappa shape index (κ2) is 15.9. The van der Waals surface area contributed by atoms with Crippen LogP contribution in [0.1, 0.15) is 42.9 Å². The topological polar surface area (TPSA) is 141 Å². The number of esters is 3. The van der Waals surface area contributed by atoms with E-state index in [2.05, 4.69) is 0 Å². The number of rotatable bonds is 12. The van der Waals surface area contributed by atoms with Gasteiger partial charge in [0.05, 0.1) is 23.3 Å². The summed E-state index contributed by atoms with van der Waals surface area (Å²) < 4.78 is 31.3. The van der Waals surface area contributed by atoms with Crippen molar-refractivity contribution in [1.82, 2.24) is 9.13 Å². The highest BCUT2D eigenvalue weighted by molar-refractivity contribution is 5.91. The molecule has 0 amide bonds. The molecule has 0 unspecified atom stereocenters. The third-order valence-corrected chi connectivity index (χ3v) is 7.88. The summed E-state index contributed by atoms with van der Waals surface area (Å²) in [6.07, 6.45) is -4.25. The van der Waals surface area contributed by atoms with Crippen molar-refractivity contribution in [3.05, 3.63) is 177 Å². The van der Waals surface area contributed by atoms with E-state index < -0.39 is 60.3 Å². The summed E-state index contributed by atoms with van der Waals surface area (Å²) in [5.41, 5.74) is 0.00260. The van der Waals surface area contributed by atoms with Gasteiger partial charge in [-0.25, -0.2) is 23.7 Å². The Bertz CT molecular complexity index is 2030. The van der Waals surface area contributed by atoms with Gasteiger partial charge in [0.15, 0.2) is 18.4 Å². The monoisotopic (exact) mass is 676 g/mol. The van der Waals surface area contributed by atoms with E-state index in [0.29, 0.717) is 0 Å². The molecule has 0 spiro atoms. The Morgan fingerprint density at radius 1 is 0.620 bits per heavy atom. The van der Waals surface area contributed by atoms with Gasteiger partial charge in [-0.15, -0.1) is 0 Å². The van der Waals surface area contributed by atoms with Gasteiger partial charge in [-0.1, -0.05) is 84.9 Å². The summed E-state index contributed by atoms with van der Waals surface area (Å²) in [5.74, 6) is -2.24. The predicted molar refractivity (Wildman–Crippen MR) is 178 cm³/mol. The van der Waals surface area contributed by atoms with E-state index in [-0.39, 0.29) is 30.0 Å². The zero-order valence-corrected chi connectivity index (χ0v) is 26.6. The van der Waals surface area contributed by atoms with Crippen molar-refractivity contribution in [1.29, 1.82) is 0 Å². The van der Waals surface area contributed by atoms with Crippen LogP contribution in [0.2, 0.25) is 0 Å². The molecular formula is C38H32N2O10. The molecule has 0 bridgehead atoms. The van der Waals surface area contributed by atoms with Crippen LogP contribution >= 0.6 is 0 Å². The third kappa shape index (κ3) is 7.95. The maximum Gasteiger partial charge on any atom is 0.338 e. The smallest absolute Gasteiger partial charge is 0.338 e. The molecule has 0 aliphatic carbocycles. The number of hydrogen-bond donors (Lipinski definition) is 0. The Morgan fingerprint density at radius 3 is 1.68 bits per heavy atom. The van der Waals surface area contributed by atoms with Crippen molar-refractivity contribution in [2.45, 2.75) is 37.9 Å². The summed E-state index contributed by atoms with van der Waals surface area (Å²) in [6, 6.07) is 34.8. The molecule has 50 heavy (non-hydrogen) atoms. The van der Waals surface area contributed by atoms with Crippen LogP contribution < -0.4 is 11.2 Å². The van der Waals surface area contributed by atoms with Crippen LogP contribution in [-0.2, 0) is 37.0 Å². The Labute approximate surface area is 286 Å². The van der Waals surface area contributed by atoms with Crippen LogP contribution in [0.4, 0.5) is 0 Å². The highest BCUT2D eigenvalue weighted by Crippen LogP contribution is 2.34. The largest absolute Gasteiger partial charge is 0.459 e. The van der Waals surface area contributed by atoms with E-state index >= 15 is 0 Å². The summed E-state index contributed by atoms with van der Waals surface area (Å²) in [7, 11) is 0. The zero-order chi connectivity index (χ0) is 34.9. The Balaban J connectivity index is 1.34. The van der Waals surface area contributed by atoms with E-state index in [0.717, 1.165) is 20.8 Å². The van der Waals surface area contributed by atoms with Gasteiger partial charge in [-0.05, 0) is 42.0 Å². The first-order chi connectivity index (χ1) is 24.4. The van der Waals surface area contributed by atoms with E-state index in [1.165, 1.54) is 18.3 Å². The third-order valence-electron chi connectivity index (χ3n) is 7.88. The van der Waals surface area contributed by atoms with Crippen LogP contribution in [0, 0.1) is 0 Å². The molecule has 12 heteroatoms. The fraction of sp³-hybridized carbons (Fsp3) is 0.184. The number of carbonyl (C=O) groups excluding carboxylic acids is 3. The summed E-state index contributed by atoms with van der Waals surface area (Å²) in [4.78, 5) is 66.5. The zero-order valence-electron chi connectivity index (χ0n) is 26.6. The molecule has 4 aromatic carbocycles. The lowest BCUT2D eigenvalue weighted by atomic mass is 10.1. The lowest BCUT2D eigenvalue weighted by Gasteiger charge is -2.25. The van der Waals surface area contributed by atoms with Gasteiger partial charge in [0.25, 0.3) is 5.56 Å². The molecular weight excluding hydrogens is 644 g/mol. The van der Waals surface area contributed by atoms with Gasteiger partial charge in [0.2, 0.25) is 0 Å². The Hall–Kier alpha value is -6.11. The number of carbonyl (C=O) groups is 3. The normalized spacial score (nSPS) is 18.2. The molecule has 1 aromatic heterocycles. The highest BCUT2D eigenvalue weighted by Gasteiger charge is 2.51. The van der Waals surface area contributed by atoms with Crippen molar-refractivity contribution < 1.29 is 38.1 Å². The molecule has 0 saturated carbocycles. The molecule has 1 saturated heterocycles. The maximum atomic E-state index is 13.9. The quantitative estimate of drug-likeness (QED) is 0.138. The number of aromatic nitrogens is 2. The first-order valence-corrected chi connectivity index (χ1v) is 15.7. The van der Waals surface area contributed by atoms with Crippen molar-refractivity contribution in [3.63, 3.8) is 0 Å². The van der Waals surface area contributed by atoms with E-state index in [1.54, 1.807) is 78.9 Å². The van der Waals surface area contributed by atoms with Gasteiger partial charge < -0.3 is 23.7 Å². The fourth-order valence-electron chi connectivity index (χ4n) is 5.35. The molecule has 2 heterocycles. The standard InChI is InChI=1S/C38H32N2O10/c41-31-21-22-39(38(45)40(31)25-46-23-26-13-5-1-6-14-26)34-33(50-37(44)29-19-11-4-12-20-29)32(49-36(43)28-17-9-3-10-18-28)30(48-34)24-47-35(42)27-15-7-2-8-16-27/h1-22,30,32-34H,23-25H2/t30-,32-,33+,34+/m1/s1. The lowest BCUT2D eigenvalue weighted by molar-refractivity contribution is -0.0653. The van der Waals surface area contributed by atoms with Crippen molar-refractivity contribution in [2.75, 3.05) is 6.61 Å². The first-order valence-electron chi connectivity index (χ1n) is 15.7. The second-order valence-electron chi connectivity index (χ2n) is 11.2. The number of ether oxygens (including phenoxy) is 5. The lowest BCUT2D eigenvalue weighted by Crippen LogP contribution is -2.45. The average molecular weight is 677 g/mol. The fourth-order valence-corrected chi connectivity index (χ4v) is 5.35. The molecule has 12 nitrogen and oxygen atoms in total. The SMILES string of the molecule is O=C(OC[C@H]1O[C@H](n2ccc(=O)n(COCc3ccccc3)c2=O)[C@@H](OC(=O)c2ccccc2)[C@@H]1OC(=O)c1ccccc1)c1ccccc1. The minimum absolute atomic E-state index is 0.130. The minimum Gasteiger partial charge on any atom is -0.459 e. The van der Waals surface area contributed by atoms with Gasteiger partial charge in [0, 0.05) is 12.3 Å². The molecule has 254 valence electrons. The maximum absolute atomic E-state index is 13.9. The Morgan fingerprint density at radius 2 is 1.12 bits per heavy atom. The first kappa shape index (κ1) is 33.8. The summed E-state index contributed by atoms with van der Waals surface area (Å²) >= 11 is 0. The van der Waals surface area contributed by atoms with Crippen molar-refractivity contribution in [2.24, 2.45) is 0 Å². The molecule has 0 N–H and O–H groups in total. The van der Waals surface area contributed by atoms with Gasteiger partial charge in [0.1, 0.15) is 19.4 Å². The van der Waals surface area contributed by atoms with Gasteiger partial charge in [-0.3, -0.25) is 9.36 Å². The molecule has 1 aliphatic heterocycles. The number of benzene rings is 4. The predicted octanol–water partition coefficient (Wildman–Crippen LogP) is 4.39. The van der Waals surface area contributed by atoms with Crippen LogP contribution in [-0.4, -0.2) is 52.0 Å². The average Bonchev–Trinajstić information content (AvgIpc) is 3.48. The van der Waals surface area contributed by atoms with E-state index in [1.807, 2.05) is 30.3 Å². The molecule has 5 aromatic rings. The molecule has 4 atom stereocenters. The summed E-state index contributed by atoms with van der Waals surface area (Å²) in [6.45, 7) is -0.699. The van der Waals surface area contributed by atoms with Crippen LogP contribution in [0.15, 0.2) is 143 Å².